The summed E-state index contributed by atoms with van der Waals surface area (Å²) in [6, 6.07) is 19.4. The SMILES string of the molecule is O=C(COc1ccc(C2SCCS2)cc1)N/N=C\c1cc(Br)ccc1OCc1cccc([N+](=O)[O-])c1. The van der Waals surface area contributed by atoms with E-state index < -0.39 is 10.8 Å². The fourth-order valence-corrected chi connectivity index (χ4v) is 6.54. The zero-order valence-corrected chi connectivity index (χ0v) is 22.2. The second kappa shape index (κ2) is 12.8. The molecule has 8 nitrogen and oxygen atoms in total. The highest BCUT2D eigenvalue weighted by atomic mass is 79.9. The van der Waals surface area contributed by atoms with E-state index in [2.05, 4.69) is 26.5 Å². The molecule has 0 radical (unpaired) electrons. The first-order valence-electron chi connectivity index (χ1n) is 10.9. The number of benzene rings is 3. The topological polar surface area (TPSA) is 103 Å². The standard InChI is InChI=1S/C25H22BrN3O5S2/c26-20-6-9-23(34-15-17-2-1-3-21(12-17)29(31)32)19(13-20)14-27-28-24(30)16-33-22-7-4-18(5-8-22)25-35-10-11-36-25/h1-9,12-14,25H,10-11,15-16H2,(H,28,30)/b27-14-. The summed E-state index contributed by atoms with van der Waals surface area (Å²) in [6.45, 7) is -0.0283. The molecule has 0 unspecified atom stereocenters. The summed E-state index contributed by atoms with van der Waals surface area (Å²) in [5.41, 5.74) is 4.98. The number of ether oxygens (including phenoxy) is 2. The van der Waals surface area contributed by atoms with Crippen molar-refractivity contribution in [3.05, 3.63) is 98.0 Å². The number of hydrogen-bond acceptors (Lipinski definition) is 8. The summed E-state index contributed by atoms with van der Waals surface area (Å²) in [6.07, 6.45) is 1.47. The van der Waals surface area contributed by atoms with Crippen molar-refractivity contribution in [3.63, 3.8) is 0 Å². The lowest BCUT2D eigenvalue weighted by molar-refractivity contribution is -0.384. The number of hydrazone groups is 1. The van der Waals surface area contributed by atoms with Crippen LogP contribution >= 0.6 is 39.5 Å². The van der Waals surface area contributed by atoms with Gasteiger partial charge in [-0.2, -0.15) is 5.10 Å². The van der Waals surface area contributed by atoms with Gasteiger partial charge in [0.1, 0.15) is 18.1 Å². The molecule has 0 spiro atoms. The Bertz CT molecular complexity index is 1250. The van der Waals surface area contributed by atoms with Crippen LogP contribution < -0.4 is 14.9 Å². The monoisotopic (exact) mass is 587 g/mol. The number of halogens is 1. The molecule has 1 saturated heterocycles. The Kier molecular flexibility index (Phi) is 9.26. The molecular formula is C25H22BrN3O5S2. The Morgan fingerprint density at radius 3 is 2.64 bits per heavy atom. The van der Waals surface area contributed by atoms with Gasteiger partial charge in [0.25, 0.3) is 11.6 Å². The maximum Gasteiger partial charge on any atom is 0.277 e. The number of nitro groups is 1. The average molecular weight is 589 g/mol. The van der Waals surface area contributed by atoms with Crippen molar-refractivity contribution in [1.29, 1.82) is 0 Å². The highest BCUT2D eigenvalue weighted by Gasteiger charge is 2.18. The third-order valence-corrected chi connectivity index (χ3v) is 8.62. The van der Waals surface area contributed by atoms with Crippen LogP contribution in [0.1, 0.15) is 21.3 Å². The van der Waals surface area contributed by atoms with Crippen LogP contribution in [-0.2, 0) is 11.4 Å². The van der Waals surface area contributed by atoms with Gasteiger partial charge in [-0.3, -0.25) is 14.9 Å². The second-order valence-corrected chi connectivity index (χ2v) is 11.3. The van der Waals surface area contributed by atoms with E-state index in [1.807, 2.05) is 53.9 Å². The number of thioether (sulfide) groups is 2. The van der Waals surface area contributed by atoms with E-state index in [1.54, 1.807) is 24.3 Å². The minimum Gasteiger partial charge on any atom is -0.488 e. The Balaban J connectivity index is 1.29. The van der Waals surface area contributed by atoms with Gasteiger partial charge in [-0.15, -0.1) is 23.5 Å². The molecule has 0 bridgehead atoms. The van der Waals surface area contributed by atoms with Crippen LogP contribution in [0.4, 0.5) is 5.69 Å². The van der Waals surface area contributed by atoms with Gasteiger partial charge in [0.2, 0.25) is 0 Å². The largest absolute Gasteiger partial charge is 0.488 e. The Labute approximate surface area is 225 Å². The van der Waals surface area contributed by atoms with Crippen LogP contribution in [0.5, 0.6) is 11.5 Å². The zero-order chi connectivity index (χ0) is 25.3. The van der Waals surface area contributed by atoms with Crippen molar-refractivity contribution in [2.45, 2.75) is 11.2 Å². The average Bonchev–Trinajstić information content (AvgIpc) is 3.43. The second-order valence-electron chi connectivity index (χ2n) is 7.62. The number of nitrogens with one attached hydrogen (secondary N) is 1. The molecule has 3 aromatic rings. The molecule has 0 atom stereocenters. The normalized spacial score (nSPS) is 13.6. The Hall–Kier alpha value is -3.02. The number of carbonyl (C=O) groups excluding carboxylic acids is 1. The molecular weight excluding hydrogens is 566 g/mol. The van der Waals surface area contributed by atoms with E-state index in [4.69, 9.17) is 9.47 Å². The molecule has 186 valence electrons. The van der Waals surface area contributed by atoms with Crippen molar-refractivity contribution in [2.24, 2.45) is 5.10 Å². The van der Waals surface area contributed by atoms with Gasteiger partial charge in [-0.25, -0.2) is 5.43 Å². The van der Waals surface area contributed by atoms with E-state index in [0.717, 1.165) is 4.47 Å². The first-order valence-corrected chi connectivity index (χ1v) is 13.8. The Morgan fingerprint density at radius 2 is 1.89 bits per heavy atom. The molecule has 1 amide bonds. The molecule has 1 heterocycles. The lowest BCUT2D eigenvalue weighted by Crippen LogP contribution is -2.24. The summed E-state index contributed by atoms with van der Waals surface area (Å²) in [5.74, 6) is 3.07. The van der Waals surface area contributed by atoms with E-state index >= 15 is 0 Å². The predicted molar refractivity (Wildman–Crippen MR) is 147 cm³/mol. The number of hydrogen-bond donors (Lipinski definition) is 1. The molecule has 3 aromatic carbocycles. The van der Waals surface area contributed by atoms with Crippen LogP contribution in [0.3, 0.4) is 0 Å². The van der Waals surface area contributed by atoms with Crippen molar-refractivity contribution >= 4 is 57.3 Å². The first kappa shape index (κ1) is 26.1. The molecule has 11 heteroatoms. The summed E-state index contributed by atoms with van der Waals surface area (Å²) < 4.78 is 12.7. The first-order chi connectivity index (χ1) is 17.5. The Morgan fingerprint density at radius 1 is 1.11 bits per heavy atom. The maximum atomic E-state index is 12.2. The lowest BCUT2D eigenvalue weighted by atomic mass is 10.2. The summed E-state index contributed by atoms with van der Waals surface area (Å²) in [4.78, 5) is 22.7. The van der Waals surface area contributed by atoms with Gasteiger partial charge in [0, 0.05) is 33.7 Å². The quantitative estimate of drug-likeness (QED) is 0.178. The van der Waals surface area contributed by atoms with Crippen molar-refractivity contribution in [3.8, 4) is 11.5 Å². The molecule has 1 aliphatic rings. The number of carbonyl (C=O) groups is 1. The molecule has 0 saturated carbocycles. The predicted octanol–water partition coefficient (Wildman–Crippen LogP) is 5.94. The number of amides is 1. The van der Waals surface area contributed by atoms with Gasteiger partial charge in [-0.05, 0) is 41.5 Å². The van der Waals surface area contributed by atoms with E-state index in [-0.39, 0.29) is 18.9 Å². The van der Waals surface area contributed by atoms with E-state index in [0.29, 0.717) is 27.2 Å². The molecule has 0 aliphatic carbocycles. The smallest absolute Gasteiger partial charge is 0.277 e. The molecule has 1 aliphatic heterocycles. The fourth-order valence-electron chi connectivity index (χ4n) is 3.30. The summed E-state index contributed by atoms with van der Waals surface area (Å²) in [5, 5.41) is 15.0. The minimum absolute atomic E-state index is 0.00128. The maximum absolute atomic E-state index is 12.2. The number of nitrogens with zero attached hydrogens (tertiary/aromatic N) is 2. The van der Waals surface area contributed by atoms with Crippen LogP contribution in [0.15, 0.2) is 76.3 Å². The fraction of sp³-hybridized carbons (Fsp3) is 0.200. The molecule has 36 heavy (non-hydrogen) atoms. The van der Waals surface area contributed by atoms with Crippen LogP contribution in [0.2, 0.25) is 0 Å². The van der Waals surface area contributed by atoms with Crippen molar-refractivity contribution < 1.29 is 19.2 Å². The van der Waals surface area contributed by atoms with Crippen LogP contribution in [-0.4, -0.2) is 35.2 Å². The van der Waals surface area contributed by atoms with Gasteiger partial charge in [-0.1, -0.05) is 40.2 Å². The molecule has 0 aromatic heterocycles. The molecule has 4 rings (SSSR count). The van der Waals surface area contributed by atoms with Gasteiger partial charge < -0.3 is 9.47 Å². The van der Waals surface area contributed by atoms with Crippen LogP contribution in [0, 0.1) is 10.1 Å². The zero-order valence-electron chi connectivity index (χ0n) is 19.0. The number of rotatable bonds is 10. The summed E-state index contributed by atoms with van der Waals surface area (Å²) in [7, 11) is 0. The number of nitro benzene ring substituents is 1. The van der Waals surface area contributed by atoms with E-state index in [1.165, 1.54) is 35.4 Å². The lowest BCUT2D eigenvalue weighted by Gasteiger charge is -2.10. The summed E-state index contributed by atoms with van der Waals surface area (Å²) >= 11 is 7.29. The third-order valence-electron chi connectivity index (χ3n) is 5.02. The van der Waals surface area contributed by atoms with Gasteiger partial charge >= 0.3 is 0 Å². The minimum atomic E-state index is -0.447. The van der Waals surface area contributed by atoms with Crippen LogP contribution in [0.25, 0.3) is 0 Å². The van der Waals surface area contributed by atoms with E-state index in [9.17, 15) is 14.9 Å². The molecule has 1 fully saturated rings. The van der Waals surface area contributed by atoms with Gasteiger partial charge in [0.05, 0.1) is 15.7 Å². The van der Waals surface area contributed by atoms with Gasteiger partial charge in [0.15, 0.2) is 6.61 Å². The van der Waals surface area contributed by atoms with Crippen molar-refractivity contribution in [2.75, 3.05) is 18.1 Å². The number of non-ortho nitro benzene ring substituents is 1. The highest BCUT2D eigenvalue weighted by Crippen LogP contribution is 2.45. The molecule has 1 N–H and O–H groups in total. The third kappa shape index (κ3) is 7.49. The highest BCUT2D eigenvalue weighted by molar-refractivity contribution is 9.10. The van der Waals surface area contributed by atoms with Crippen molar-refractivity contribution in [1.82, 2.24) is 5.43 Å².